The van der Waals surface area contributed by atoms with Crippen molar-refractivity contribution in [1.29, 1.82) is 0 Å². The van der Waals surface area contributed by atoms with Crippen LogP contribution in [-0.2, 0) is 22.6 Å². The summed E-state index contributed by atoms with van der Waals surface area (Å²) in [6.45, 7) is 7.02. The summed E-state index contributed by atoms with van der Waals surface area (Å²) in [6, 6.07) is 6.13. The van der Waals surface area contributed by atoms with Gasteiger partial charge in [0, 0.05) is 37.3 Å². The molecule has 0 aliphatic carbocycles. The summed E-state index contributed by atoms with van der Waals surface area (Å²) in [7, 11) is 0. The number of ether oxygens (including phenoxy) is 2. The predicted octanol–water partition coefficient (Wildman–Crippen LogP) is 2.33. The number of aryl methyl sites for hydroxylation is 2. The molecule has 1 saturated heterocycles. The number of rotatable bonds is 5. The van der Waals surface area contributed by atoms with Crippen molar-refractivity contribution in [2.45, 2.75) is 45.8 Å². The highest BCUT2D eigenvalue weighted by molar-refractivity contribution is 5.78. The molecule has 154 valence electrons. The molecule has 2 aliphatic rings. The Morgan fingerprint density at radius 3 is 2.79 bits per heavy atom. The number of hydrogen-bond acceptors (Lipinski definition) is 6. The standard InChI is InChI=1S/C22H28N4O3/c1-15-4-3-5-16(2)21(15)29-14-20(27)24-18-6-9-26(10-7-18)22-23-12-17-13-28-11-8-19(17)25-22/h3-5,12,18H,6-11,13-14H2,1-2H3,(H,24,27). The Morgan fingerprint density at radius 1 is 1.28 bits per heavy atom. The van der Waals surface area contributed by atoms with E-state index >= 15 is 0 Å². The maximum atomic E-state index is 12.3. The Bertz CT molecular complexity index is 858. The average molecular weight is 396 g/mol. The van der Waals surface area contributed by atoms with Gasteiger partial charge in [0.2, 0.25) is 5.95 Å². The number of piperidine rings is 1. The third-order valence-corrected chi connectivity index (χ3v) is 5.58. The van der Waals surface area contributed by atoms with Crippen LogP contribution in [0.1, 0.15) is 35.2 Å². The number of nitrogens with one attached hydrogen (secondary N) is 1. The van der Waals surface area contributed by atoms with Crippen molar-refractivity contribution < 1.29 is 14.3 Å². The first-order valence-corrected chi connectivity index (χ1v) is 10.3. The molecule has 2 aliphatic heterocycles. The van der Waals surface area contributed by atoms with Gasteiger partial charge in [0.05, 0.1) is 18.9 Å². The first-order valence-electron chi connectivity index (χ1n) is 10.3. The minimum Gasteiger partial charge on any atom is -0.483 e. The molecular formula is C22H28N4O3. The molecular weight excluding hydrogens is 368 g/mol. The first-order chi connectivity index (χ1) is 14.1. The minimum absolute atomic E-state index is 0.0436. The smallest absolute Gasteiger partial charge is 0.258 e. The molecule has 4 rings (SSSR count). The van der Waals surface area contributed by atoms with Crippen molar-refractivity contribution in [2.75, 3.05) is 31.2 Å². The lowest BCUT2D eigenvalue weighted by Crippen LogP contribution is -2.46. The third-order valence-electron chi connectivity index (χ3n) is 5.58. The maximum absolute atomic E-state index is 12.3. The zero-order valence-corrected chi connectivity index (χ0v) is 17.1. The lowest BCUT2D eigenvalue weighted by atomic mass is 10.1. The highest BCUT2D eigenvalue weighted by atomic mass is 16.5. The van der Waals surface area contributed by atoms with Crippen LogP contribution in [0.5, 0.6) is 5.75 Å². The second kappa shape index (κ2) is 8.78. The van der Waals surface area contributed by atoms with Crippen molar-refractivity contribution in [3.63, 3.8) is 0 Å². The van der Waals surface area contributed by atoms with E-state index in [0.717, 1.165) is 73.0 Å². The van der Waals surface area contributed by atoms with Gasteiger partial charge in [0.1, 0.15) is 5.75 Å². The summed E-state index contributed by atoms with van der Waals surface area (Å²) in [5.74, 6) is 1.51. The van der Waals surface area contributed by atoms with Gasteiger partial charge in [0.25, 0.3) is 5.91 Å². The van der Waals surface area contributed by atoms with Crippen molar-refractivity contribution in [3.8, 4) is 5.75 Å². The highest BCUT2D eigenvalue weighted by Crippen LogP contribution is 2.23. The number of nitrogens with zero attached hydrogens (tertiary/aromatic N) is 3. The van der Waals surface area contributed by atoms with Crippen LogP contribution in [0.4, 0.5) is 5.95 Å². The largest absolute Gasteiger partial charge is 0.483 e. The Hall–Kier alpha value is -2.67. The lowest BCUT2D eigenvalue weighted by Gasteiger charge is -2.32. The maximum Gasteiger partial charge on any atom is 0.258 e. The third kappa shape index (κ3) is 4.67. The second-order valence-corrected chi connectivity index (χ2v) is 7.78. The molecule has 1 amide bonds. The molecule has 2 aromatic rings. The Morgan fingerprint density at radius 2 is 2.03 bits per heavy atom. The highest BCUT2D eigenvalue weighted by Gasteiger charge is 2.23. The molecule has 3 heterocycles. The molecule has 7 nitrogen and oxygen atoms in total. The van der Waals surface area contributed by atoms with E-state index in [2.05, 4.69) is 15.2 Å². The Kier molecular flexibility index (Phi) is 5.94. The summed E-state index contributed by atoms with van der Waals surface area (Å²) in [5, 5.41) is 3.10. The lowest BCUT2D eigenvalue weighted by molar-refractivity contribution is -0.123. The molecule has 1 fully saturated rings. The van der Waals surface area contributed by atoms with Crippen LogP contribution < -0.4 is 15.0 Å². The zero-order chi connectivity index (χ0) is 20.2. The summed E-state index contributed by atoms with van der Waals surface area (Å²) >= 11 is 0. The number of hydrogen-bond donors (Lipinski definition) is 1. The number of aromatic nitrogens is 2. The number of fused-ring (bicyclic) bond motifs is 1. The van der Waals surface area contributed by atoms with E-state index in [1.807, 2.05) is 38.2 Å². The molecule has 0 unspecified atom stereocenters. The van der Waals surface area contributed by atoms with Gasteiger partial charge < -0.3 is 19.7 Å². The van der Waals surface area contributed by atoms with E-state index in [-0.39, 0.29) is 18.6 Å². The van der Waals surface area contributed by atoms with Crippen molar-refractivity contribution >= 4 is 11.9 Å². The van der Waals surface area contributed by atoms with E-state index in [9.17, 15) is 4.79 Å². The molecule has 0 bridgehead atoms. The number of para-hydroxylation sites is 1. The number of amides is 1. The fourth-order valence-electron chi connectivity index (χ4n) is 3.93. The van der Waals surface area contributed by atoms with E-state index in [0.29, 0.717) is 6.61 Å². The van der Waals surface area contributed by atoms with Crippen LogP contribution >= 0.6 is 0 Å². The molecule has 1 aromatic heterocycles. The van der Waals surface area contributed by atoms with Gasteiger partial charge in [-0.1, -0.05) is 18.2 Å². The molecule has 0 spiro atoms. The van der Waals surface area contributed by atoms with E-state index < -0.39 is 0 Å². The molecule has 0 radical (unpaired) electrons. The van der Waals surface area contributed by atoms with Crippen LogP contribution in [0, 0.1) is 13.8 Å². The quantitative estimate of drug-likeness (QED) is 0.836. The SMILES string of the molecule is Cc1cccc(C)c1OCC(=O)NC1CCN(c2ncc3c(n2)CCOC3)CC1. The normalized spacial score (nSPS) is 17.0. The number of benzene rings is 1. The van der Waals surface area contributed by atoms with Crippen LogP contribution in [0.3, 0.4) is 0 Å². The molecule has 1 N–H and O–H groups in total. The summed E-state index contributed by atoms with van der Waals surface area (Å²) in [5.41, 5.74) is 4.27. The molecule has 0 atom stereocenters. The monoisotopic (exact) mass is 396 g/mol. The topological polar surface area (TPSA) is 76.6 Å². The van der Waals surface area contributed by atoms with Crippen molar-refractivity contribution in [2.24, 2.45) is 0 Å². The van der Waals surface area contributed by atoms with Gasteiger partial charge >= 0.3 is 0 Å². The van der Waals surface area contributed by atoms with Crippen LogP contribution in [0.25, 0.3) is 0 Å². The predicted molar refractivity (Wildman–Crippen MR) is 110 cm³/mol. The van der Waals surface area contributed by atoms with Crippen LogP contribution in [0.15, 0.2) is 24.4 Å². The second-order valence-electron chi connectivity index (χ2n) is 7.78. The fraction of sp³-hybridized carbons (Fsp3) is 0.500. The van der Waals surface area contributed by atoms with E-state index in [1.165, 1.54) is 0 Å². The first kappa shape index (κ1) is 19.6. The number of anilines is 1. The average Bonchev–Trinajstić information content (AvgIpc) is 2.73. The van der Waals surface area contributed by atoms with E-state index in [1.54, 1.807) is 0 Å². The van der Waals surface area contributed by atoms with Gasteiger partial charge in [-0.15, -0.1) is 0 Å². The van der Waals surface area contributed by atoms with Gasteiger partial charge in [-0.25, -0.2) is 9.97 Å². The van der Waals surface area contributed by atoms with Crippen molar-refractivity contribution in [1.82, 2.24) is 15.3 Å². The zero-order valence-electron chi connectivity index (χ0n) is 17.1. The van der Waals surface area contributed by atoms with E-state index in [4.69, 9.17) is 14.5 Å². The number of carbonyl (C=O) groups is 1. The Labute approximate surface area is 171 Å². The number of carbonyl (C=O) groups excluding carboxylic acids is 1. The van der Waals surface area contributed by atoms with Gasteiger partial charge in [-0.05, 0) is 37.8 Å². The fourth-order valence-corrected chi connectivity index (χ4v) is 3.93. The molecule has 0 saturated carbocycles. The minimum atomic E-state index is -0.0730. The van der Waals surface area contributed by atoms with Crippen LogP contribution in [0.2, 0.25) is 0 Å². The molecule has 7 heteroatoms. The molecule has 29 heavy (non-hydrogen) atoms. The van der Waals surface area contributed by atoms with Gasteiger partial charge in [0.15, 0.2) is 6.61 Å². The van der Waals surface area contributed by atoms with Crippen LogP contribution in [-0.4, -0.2) is 48.2 Å². The molecule has 1 aromatic carbocycles. The van der Waals surface area contributed by atoms with Crippen molar-refractivity contribution in [3.05, 3.63) is 46.8 Å². The van der Waals surface area contributed by atoms with Gasteiger partial charge in [-0.3, -0.25) is 4.79 Å². The summed E-state index contributed by atoms with van der Waals surface area (Å²) < 4.78 is 11.2. The summed E-state index contributed by atoms with van der Waals surface area (Å²) in [6.07, 6.45) is 4.48. The van der Waals surface area contributed by atoms with Gasteiger partial charge in [-0.2, -0.15) is 0 Å². The Balaban J connectivity index is 1.26. The summed E-state index contributed by atoms with van der Waals surface area (Å²) in [4.78, 5) is 23.8.